The highest BCUT2D eigenvalue weighted by Gasteiger charge is 2.19. The number of thiol groups is 1. The number of Topliss-reactive ketones (excluding diaryl/α,β-unsaturated/α-hetero) is 1. The Bertz CT molecular complexity index is 1180. The van der Waals surface area contributed by atoms with Crippen molar-refractivity contribution in [2.45, 2.75) is 86.0 Å². The Balaban J connectivity index is 0.000000698. The molecule has 3 heteroatoms. The van der Waals surface area contributed by atoms with Crippen LogP contribution in [0.25, 0.3) is 5.57 Å². The Kier molecular flexibility index (Phi) is 17.8. The van der Waals surface area contributed by atoms with Gasteiger partial charge in [-0.2, -0.15) is 0 Å². The Morgan fingerprint density at radius 1 is 1.05 bits per heavy atom. The summed E-state index contributed by atoms with van der Waals surface area (Å²) in [6.07, 6.45) is 9.38. The van der Waals surface area contributed by atoms with E-state index < -0.39 is 0 Å². The first-order valence-electron chi connectivity index (χ1n) is 13.8. The van der Waals surface area contributed by atoms with Crippen LogP contribution >= 0.6 is 12.6 Å². The third-order valence-corrected chi connectivity index (χ3v) is 6.63. The predicted octanol–water partition coefficient (Wildman–Crippen LogP) is 11.1. The molecule has 2 aromatic carbocycles. The van der Waals surface area contributed by atoms with Crippen LogP contribution in [0.4, 0.5) is 4.39 Å². The summed E-state index contributed by atoms with van der Waals surface area (Å²) < 4.78 is 13.9. The van der Waals surface area contributed by atoms with Crippen LogP contribution in [0.3, 0.4) is 0 Å². The molecule has 2 rings (SSSR count). The number of hydrogen-bond donors (Lipinski definition) is 1. The van der Waals surface area contributed by atoms with Gasteiger partial charge in [-0.15, -0.1) is 12.6 Å². The fourth-order valence-electron chi connectivity index (χ4n) is 4.32. The maximum atomic E-state index is 13.9. The van der Waals surface area contributed by atoms with E-state index in [9.17, 15) is 9.18 Å². The number of benzene rings is 2. The molecular formula is C36H49FOS. The second kappa shape index (κ2) is 19.2. The number of allylic oxidation sites excluding steroid dienone is 7. The largest absolute Gasteiger partial charge is 0.299 e. The molecule has 0 amide bonds. The predicted molar refractivity (Wildman–Crippen MR) is 174 cm³/mol. The number of ketones is 1. The Morgan fingerprint density at radius 2 is 1.69 bits per heavy atom. The second-order valence-electron chi connectivity index (χ2n) is 9.45. The molecule has 0 radical (unpaired) electrons. The minimum absolute atomic E-state index is 0.0375. The number of aryl methyl sites for hydroxylation is 1. The van der Waals surface area contributed by atoms with Gasteiger partial charge in [-0.25, -0.2) is 4.39 Å². The van der Waals surface area contributed by atoms with Crippen LogP contribution in [-0.4, -0.2) is 5.78 Å². The summed E-state index contributed by atoms with van der Waals surface area (Å²) in [7, 11) is 0. The van der Waals surface area contributed by atoms with Gasteiger partial charge in [-0.05, 0) is 105 Å². The van der Waals surface area contributed by atoms with Crippen LogP contribution in [0.5, 0.6) is 0 Å². The molecule has 0 saturated heterocycles. The van der Waals surface area contributed by atoms with Gasteiger partial charge < -0.3 is 0 Å². The van der Waals surface area contributed by atoms with Crippen LogP contribution in [0.2, 0.25) is 0 Å². The number of hydrogen-bond acceptors (Lipinski definition) is 2. The van der Waals surface area contributed by atoms with Crippen molar-refractivity contribution in [3.63, 3.8) is 0 Å². The lowest BCUT2D eigenvalue weighted by atomic mass is 9.85. The molecule has 0 aliphatic heterocycles. The number of halogens is 1. The minimum Gasteiger partial charge on any atom is -0.299 e. The minimum atomic E-state index is -0.200. The lowest BCUT2D eigenvalue weighted by Crippen LogP contribution is -2.15. The molecule has 0 aliphatic rings. The molecule has 1 unspecified atom stereocenters. The van der Waals surface area contributed by atoms with E-state index in [4.69, 9.17) is 0 Å². The van der Waals surface area contributed by atoms with Crippen molar-refractivity contribution in [2.75, 3.05) is 0 Å². The lowest BCUT2D eigenvalue weighted by Gasteiger charge is -2.19. The number of rotatable bonds is 11. The number of carbonyl (C=O) groups excluding carboxylic acids is 1. The lowest BCUT2D eigenvalue weighted by molar-refractivity contribution is -0.119. The summed E-state index contributed by atoms with van der Waals surface area (Å²) >= 11 is 4.32. The molecule has 0 saturated carbocycles. The molecule has 0 N–H and O–H groups in total. The van der Waals surface area contributed by atoms with Gasteiger partial charge >= 0.3 is 0 Å². The van der Waals surface area contributed by atoms with E-state index in [1.807, 2.05) is 71.0 Å². The summed E-state index contributed by atoms with van der Waals surface area (Å²) in [5.41, 5.74) is 7.81. The van der Waals surface area contributed by atoms with Gasteiger partial charge in [0.05, 0.1) is 0 Å². The van der Waals surface area contributed by atoms with Crippen molar-refractivity contribution >= 4 is 24.0 Å². The third kappa shape index (κ3) is 12.2. The maximum absolute atomic E-state index is 13.9. The molecule has 2 aromatic rings. The van der Waals surface area contributed by atoms with Crippen molar-refractivity contribution in [1.82, 2.24) is 0 Å². The molecule has 0 bridgehead atoms. The van der Waals surface area contributed by atoms with E-state index in [0.717, 1.165) is 40.0 Å². The second-order valence-corrected chi connectivity index (χ2v) is 9.97. The van der Waals surface area contributed by atoms with Gasteiger partial charge in [-0.1, -0.05) is 88.9 Å². The first kappa shape index (κ1) is 36.1. The summed E-state index contributed by atoms with van der Waals surface area (Å²) in [4.78, 5) is 12.8. The van der Waals surface area contributed by atoms with Gasteiger partial charge in [0.25, 0.3) is 0 Å². The van der Waals surface area contributed by atoms with Gasteiger partial charge in [0.1, 0.15) is 11.6 Å². The van der Waals surface area contributed by atoms with Crippen molar-refractivity contribution in [1.29, 1.82) is 0 Å². The number of carbonyl (C=O) groups is 1. The molecule has 0 fully saturated rings. The first-order valence-corrected chi connectivity index (χ1v) is 14.3. The van der Waals surface area contributed by atoms with Crippen molar-refractivity contribution in [2.24, 2.45) is 5.92 Å². The molecular weight excluding hydrogens is 499 g/mol. The summed E-state index contributed by atoms with van der Waals surface area (Å²) in [6.45, 7) is 27.5. The van der Waals surface area contributed by atoms with E-state index >= 15 is 0 Å². The van der Waals surface area contributed by atoms with Gasteiger partial charge in [0.15, 0.2) is 0 Å². The third-order valence-electron chi connectivity index (χ3n) is 6.35. The average Bonchev–Trinajstić information content (AvgIpc) is 2.89. The van der Waals surface area contributed by atoms with Crippen LogP contribution < -0.4 is 0 Å². The monoisotopic (exact) mass is 548 g/mol. The van der Waals surface area contributed by atoms with E-state index in [1.54, 1.807) is 13.0 Å². The van der Waals surface area contributed by atoms with Crippen LogP contribution in [0, 0.1) is 18.7 Å². The van der Waals surface area contributed by atoms with Crippen molar-refractivity contribution in [3.8, 4) is 0 Å². The molecule has 0 heterocycles. The van der Waals surface area contributed by atoms with Gasteiger partial charge in [-0.3, -0.25) is 4.79 Å². The zero-order chi connectivity index (χ0) is 30.1. The fraction of sp³-hybridized carbons (Fsp3) is 0.361. The maximum Gasteiger partial charge on any atom is 0.137 e. The van der Waals surface area contributed by atoms with Crippen LogP contribution in [-0.2, 0) is 11.2 Å². The molecule has 39 heavy (non-hydrogen) atoms. The topological polar surface area (TPSA) is 17.1 Å². The Hall–Kier alpha value is -2.91. The normalized spacial score (nSPS) is 11.6. The molecule has 1 nitrogen and oxygen atoms in total. The highest BCUT2D eigenvalue weighted by atomic mass is 32.1. The highest BCUT2D eigenvalue weighted by Crippen LogP contribution is 2.27. The van der Waals surface area contributed by atoms with E-state index in [2.05, 4.69) is 52.3 Å². The van der Waals surface area contributed by atoms with Gasteiger partial charge in [0, 0.05) is 16.4 Å². The summed E-state index contributed by atoms with van der Waals surface area (Å²) in [5, 5.41) is 0. The molecule has 212 valence electrons. The molecule has 0 spiro atoms. The van der Waals surface area contributed by atoms with E-state index in [-0.39, 0.29) is 17.5 Å². The van der Waals surface area contributed by atoms with Crippen molar-refractivity contribution in [3.05, 3.63) is 119 Å². The van der Waals surface area contributed by atoms with Gasteiger partial charge in [0.2, 0.25) is 0 Å². The molecule has 0 aliphatic carbocycles. The molecule has 1 atom stereocenters. The standard InChI is InChI=1S/C17H17FS.C17H26O.C2H6/c1-11(2)17-14(5-4-6-16(17)18)10-13-7-8-15(19)9-12(13)3;1-7-10-13(4)14(5)12-17(15(6)18)16(9-3)11-8-2;1-2/h4-9,19H,1,10H2,2-3H3;7,9-10,17H,4-5,8,11-12H2,1-3,6H3;1-2H3/b;10-7-,16-9-;. The first-order chi connectivity index (χ1) is 18.5. The highest BCUT2D eigenvalue weighted by molar-refractivity contribution is 7.80. The average molecular weight is 549 g/mol. The SMILES string of the molecule is C=C(/C=C\C)C(=C)CC(C(C)=O)/C(=C\C)CCC.C=C(C)c1c(F)cccc1Cc1ccc(S)cc1C.CC. The van der Waals surface area contributed by atoms with Crippen LogP contribution in [0.15, 0.2) is 96.0 Å². The Morgan fingerprint density at radius 3 is 2.18 bits per heavy atom. The summed E-state index contributed by atoms with van der Waals surface area (Å²) in [5.74, 6) is -0.0242. The van der Waals surface area contributed by atoms with E-state index in [1.165, 1.54) is 22.8 Å². The fourth-order valence-corrected chi connectivity index (χ4v) is 4.59. The van der Waals surface area contributed by atoms with Crippen LogP contribution in [0.1, 0.15) is 90.0 Å². The summed E-state index contributed by atoms with van der Waals surface area (Å²) in [6, 6.07) is 11.2. The van der Waals surface area contributed by atoms with Crippen molar-refractivity contribution < 1.29 is 9.18 Å². The zero-order valence-corrected chi connectivity index (χ0v) is 26.4. The quantitative estimate of drug-likeness (QED) is 0.168. The smallest absolute Gasteiger partial charge is 0.137 e. The Labute approximate surface area is 243 Å². The zero-order valence-electron chi connectivity index (χ0n) is 25.5. The molecule has 0 aromatic heterocycles. The van der Waals surface area contributed by atoms with E-state index in [0.29, 0.717) is 18.4 Å².